The predicted octanol–water partition coefficient (Wildman–Crippen LogP) is 20.6. The van der Waals surface area contributed by atoms with Crippen molar-refractivity contribution in [2.24, 2.45) is 17.8 Å². The van der Waals surface area contributed by atoms with Crippen LogP contribution in [0, 0.1) is 17.8 Å². The summed E-state index contributed by atoms with van der Waals surface area (Å²) in [5.74, 6) is 0.0750. The van der Waals surface area contributed by atoms with Gasteiger partial charge >= 0.3 is 39.5 Å². The first-order chi connectivity index (χ1) is 43.7. The number of carbonyl (C=O) groups is 4. The highest BCUT2D eigenvalue weighted by molar-refractivity contribution is 7.47. The van der Waals surface area contributed by atoms with Crippen molar-refractivity contribution in [3.63, 3.8) is 0 Å². The summed E-state index contributed by atoms with van der Waals surface area (Å²) in [6.45, 7) is 11.8. The van der Waals surface area contributed by atoms with Gasteiger partial charge in [-0.05, 0) is 43.4 Å². The van der Waals surface area contributed by atoms with Gasteiger partial charge in [0.2, 0.25) is 0 Å². The van der Waals surface area contributed by atoms with Crippen molar-refractivity contribution in [3.05, 3.63) is 0 Å². The minimum absolute atomic E-state index is 0.104. The average Bonchev–Trinajstić information content (AvgIpc) is 3.68. The molecule has 91 heavy (non-hydrogen) atoms. The van der Waals surface area contributed by atoms with E-state index in [1.807, 2.05) is 0 Å². The van der Waals surface area contributed by atoms with Gasteiger partial charge in [-0.15, -0.1) is 0 Å². The molecule has 0 fully saturated rings. The Balaban J connectivity index is 5.25. The van der Waals surface area contributed by atoms with Crippen LogP contribution in [0.15, 0.2) is 0 Å². The molecule has 0 heterocycles. The standard InChI is InChI=1S/C72H140O17P2/c1-8-9-10-11-12-13-14-15-16-17-21-24-32-39-46-53-69(74)82-59-67(88-71(76)55-48-41-33-25-22-19-18-20-23-29-36-43-50-63(2)3)61-86-90(78,79)84-57-66(73)58-85-91(80,81)87-62-68(60-83-70(75)54-47-40-35-28-31-38-45-52-65(6)7)89-72(77)56-49-42-34-27-26-30-37-44-51-64(4)5/h63-68,73H,8-62H2,1-7H3,(H,78,79)(H,80,81)/t66-,67-,68-/m1/s1. The lowest BCUT2D eigenvalue weighted by molar-refractivity contribution is -0.161. The largest absolute Gasteiger partial charge is 0.472 e. The van der Waals surface area contributed by atoms with Crippen LogP contribution in [0.25, 0.3) is 0 Å². The van der Waals surface area contributed by atoms with E-state index < -0.39 is 97.5 Å². The number of aliphatic hydroxyl groups excluding tert-OH is 1. The highest BCUT2D eigenvalue weighted by Gasteiger charge is 2.30. The van der Waals surface area contributed by atoms with Crippen LogP contribution in [0.1, 0.15) is 363 Å². The van der Waals surface area contributed by atoms with Gasteiger partial charge in [-0.25, -0.2) is 9.13 Å². The normalized spacial score (nSPS) is 14.2. The van der Waals surface area contributed by atoms with Crippen molar-refractivity contribution in [2.75, 3.05) is 39.6 Å². The molecule has 0 aliphatic rings. The second-order valence-corrected chi connectivity index (χ2v) is 30.3. The number of hydrogen-bond donors (Lipinski definition) is 3. The van der Waals surface area contributed by atoms with E-state index in [0.29, 0.717) is 31.6 Å². The maximum absolute atomic E-state index is 13.0. The molecule has 5 atom stereocenters. The Labute approximate surface area is 556 Å². The summed E-state index contributed by atoms with van der Waals surface area (Å²) in [7, 11) is -9.90. The molecule has 17 nitrogen and oxygen atoms in total. The molecule has 0 saturated carbocycles. The first-order valence-corrected chi connectivity index (χ1v) is 40.3. The van der Waals surface area contributed by atoms with Crippen LogP contribution in [-0.2, 0) is 65.4 Å². The van der Waals surface area contributed by atoms with Gasteiger partial charge in [0.15, 0.2) is 12.2 Å². The molecular formula is C72H140O17P2. The van der Waals surface area contributed by atoms with Crippen LogP contribution >= 0.6 is 15.6 Å². The van der Waals surface area contributed by atoms with E-state index in [0.717, 1.165) is 108 Å². The van der Waals surface area contributed by atoms with Gasteiger partial charge in [0.05, 0.1) is 26.4 Å². The molecule has 0 aromatic carbocycles. The number of phosphoric acid groups is 2. The Kier molecular flexibility index (Phi) is 61.5. The van der Waals surface area contributed by atoms with E-state index in [-0.39, 0.29) is 25.7 Å². The number of esters is 4. The molecule has 0 radical (unpaired) electrons. The van der Waals surface area contributed by atoms with E-state index >= 15 is 0 Å². The van der Waals surface area contributed by atoms with E-state index in [4.69, 9.17) is 37.0 Å². The van der Waals surface area contributed by atoms with Crippen LogP contribution in [0.4, 0.5) is 0 Å². The zero-order valence-corrected chi connectivity index (χ0v) is 61.1. The van der Waals surface area contributed by atoms with Gasteiger partial charge in [-0.2, -0.15) is 0 Å². The molecule has 0 rings (SSSR count). The van der Waals surface area contributed by atoms with Gasteiger partial charge in [-0.3, -0.25) is 37.3 Å². The lowest BCUT2D eigenvalue weighted by atomic mass is 10.0. The number of phosphoric ester groups is 2. The molecule has 0 spiro atoms. The molecule has 540 valence electrons. The molecule has 19 heteroatoms. The number of hydrogen-bond acceptors (Lipinski definition) is 15. The van der Waals surface area contributed by atoms with E-state index in [1.165, 1.54) is 167 Å². The van der Waals surface area contributed by atoms with E-state index in [1.54, 1.807) is 0 Å². The van der Waals surface area contributed by atoms with Gasteiger partial charge in [0.1, 0.15) is 19.3 Å². The highest BCUT2D eigenvalue weighted by Crippen LogP contribution is 2.45. The summed E-state index contributed by atoms with van der Waals surface area (Å²) < 4.78 is 68.3. The minimum atomic E-state index is -4.95. The Hall–Kier alpha value is -1.94. The SMILES string of the molecule is CCCCCCCCCCCCCCCCCC(=O)OC[C@H](COP(=O)(O)OC[C@@H](O)COP(=O)(O)OC[C@@H](COC(=O)CCCCCCCCCC(C)C)OC(=O)CCCCCCCCCCC(C)C)OC(=O)CCCCCCCCCCCCCCC(C)C. The molecule has 0 aliphatic carbocycles. The van der Waals surface area contributed by atoms with Gasteiger partial charge in [0.25, 0.3) is 0 Å². The summed E-state index contributed by atoms with van der Waals surface area (Å²) >= 11 is 0. The molecule has 2 unspecified atom stereocenters. The number of ether oxygens (including phenoxy) is 4. The van der Waals surface area contributed by atoms with Crippen molar-refractivity contribution < 1.29 is 80.2 Å². The quantitative estimate of drug-likeness (QED) is 0.0222. The molecular weight excluding hydrogens is 1200 g/mol. The average molecular weight is 1340 g/mol. The number of aliphatic hydroxyl groups is 1. The number of rotatable bonds is 70. The lowest BCUT2D eigenvalue weighted by Gasteiger charge is -2.21. The first kappa shape index (κ1) is 89.1. The molecule has 3 N–H and O–H groups in total. The smallest absolute Gasteiger partial charge is 0.462 e. The maximum Gasteiger partial charge on any atom is 0.472 e. The topological polar surface area (TPSA) is 237 Å². The van der Waals surface area contributed by atoms with E-state index in [2.05, 4.69) is 48.5 Å². The third-order valence-electron chi connectivity index (χ3n) is 16.6. The summed E-state index contributed by atoms with van der Waals surface area (Å²) in [5, 5.41) is 10.6. The van der Waals surface area contributed by atoms with Crippen molar-refractivity contribution >= 4 is 39.5 Å². The van der Waals surface area contributed by atoms with Gasteiger partial charge < -0.3 is 33.8 Å². The maximum atomic E-state index is 13.0. The number of unbranched alkanes of at least 4 members (excludes halogenated alkanes) is 38. The Morgan fingerprint density at radius 3 is 0.747 bits per heavy atom. The van der Waals surface area contributed by atoms with Crippen molar-refractivity contribution in [1.29, 1.82) is 0 Å². The van der Waals surface area contributed by atoms with Crippen LogP contribution in [0.2, 0.25) is 0 Å². The van der Waals surface area contributed by atoms with Gasteiger partial charge in [-0.1, -0.05) is 312 Å². The van der Waals surface area contributed by atoms with Crippen LogP contribution in [0.3, 0.4) is 0 Å². The highest BCUT2D eigenvalue weighted by atomic mass is 31.2. The van der Waals surface area contributed by atoms with Crippen LogP contribution in [0.5, 0.6) is 0 Å². The monoisotopic (exact) mass is 1340 g/mol. The zero-order valence-electron chi connectivity index (χ0n) is 59.3. The summed E-state index contributed by atoms with van der Waals surface area (Å²) in [6.07, 6.45) is 47.3. The van der Waals surface area contributed by atoms with Crippen molar-refractivity contribution in [1.82, 2.24) is 0 Å². The minimum Gasteiger partial charge on any atom is -0.462 e. The van der Waals surface area contributed by atoms with Gasteiger partial charge in [0, 0.05) is 25.7 Å². The zero-order chi connectivity index (χ0) is 67.3. The van der Waals surface area contributed by atoms with Crippen molar-refractivity contribution in [3.8, 4) is 0 Å². The third-order valence-corrected chi connectivity index (χ3v) is 18.5. The van der Waals surface area contributed by atoms with Crippen LogP contribution < -0.4 is 0 Å². The molecule has 0 aromatic rings. The summed E-state index contributed by atoms with van der Waals surface area (Å²) in [4.78, 5) is 72.6. The third kappa shape index (κ3) is 66.5. The second-order valence-electron chi connectivity index (χ2n) is 27.4. The fourth-order valence-electron chi connectivity index (χ4n) is 10.9. The van der Waals surface area contributed by atoms with Crippen molar-refractivity contribution in [2.45, 2.75) is 381 Å². The Bertz CT molecular complexity index is 1780. The molecule has 0 bridgehead atoms. The lowest BCUT2D eigenvalue weighted by Crippen LogP contribution is -2.30. The number of carbonyl (C=O) groups excluding carboxylic acids is 4. The predicted molar refractivity (Wildman–Crippen MR) is 368 cm³/mol. The summed E-state index contributed by atoms with van der Waals surface area (Å²) in [5.41, 5.74) is 0. The summed E-state index contributed by atoms with van der Waals surface area (Å²) in [6, 6.07) is 0. The second kappa shape index (κ2) is 62.8. The molecule has 0 aromatic heterocycles. The molecule has 0 aliphatic heterocycles. The Morgan fingerprint density at radius 1 is 0.297 bits per heavy atom. The fourth-order valence-corrected chi connectivity index (χ4v) is 12.5. The fraction of sp³-hybridized carbons (Fsp3) is 0.944. The molecule has 0 amide bonds. The van der Waals surface area contributed by atoms with E-state index in [9.17, 15) is 43.2 Å². The first-order valence-electron chi connectivity index (χ1n) is 37.3. The van der Waals surface area contributed by atoms with Crippen LogP contribution in [-0.4, -0.2) is 96.7 Å². The Morgan fingerprint density at radius 2 is 0.505 bits per heavy atom. The molecule has 0 saturated heterocycles.